The highest BCUT2D eigenvalue weighted by Crippen LogP contribution is 2.33. The van der Waals surface area contributed by atoms with Crippen molar-refractivity contribution in [2.24, 2.45) is 5.92 Å². The van der Waals surface area contributed by atoms with Gasteiger partial charge in [0.05, 0.1) is 12.2 Å². The van der Waals surface area contributed by atoms with E-state index >= 15 is 0 Å². The summed E-state index contributed by atoms with van der Waals surface area (Å²) in [7, 11) is 0. The molecule has 7 nitrogen and oxygen atoms in total. The summed E-state index contributed by atoms with van der Waals surface area (Å²) >= 11 is 0. The van der Waals surface area contributed by atoms with E-state index in [0.29, 0.717) is 12.0 Å². The summed E-state index contributed by atoms with van der Waals surface area (Å²) in [6, 6.07) is 0. The molecule has 0 aliphatic carbocycles. The summed E-state index contributed by atoms with van der Waals surface area (Å²) < 4.78 is 13.1. The van der Waals surface area contributed by atoms with Crippen LogP contribution in [0.15, 0.2) is 15.8 Å². The predicted molar refractivity (Wildman–Crippen MR) is 85.4 cm³/mol. The van der Waals surface area contributed by atoms with Crippen LogP contribution >= 0.6 is 0 Å². The van der Waals surface area contributed by atoms with Crippen LogP contribution in [0.4, 0.5) is 0 Å². The number of hydrogen-bond donors (Lipinski definition) is 2. The molecular formula is C16H26N2O5. The van der Waals surface area contributed by atoms with Crippen molar-refractivity contribution < 1.29 is 14.6 Å². The summed E-state index contributed by atoms with van der Waals surface area (Å²) in [6.45, 7) is 9.49. The first kappa shape index (κ1) is 17.9. The van der Waals surface area contributed by atoms with Gasteiger partial charge in [-0.25, -0.2) is 4.79 Å². The zero-order valence-electron chi connectivity index (χ0n) is 14.3. The average Bonchev–Trinajstić information content (AvgIpc) is 2.79. The second-order valence-corrected chi connectivity index (χ2v) is 6.49. The smallest absolute Gasteiger partial charge is 0.330 e. The molecule has 1 fully saturated rings. The van der Waals surface area contributed by atoms with Gasteiger partial charge in [0, 0.05) is 11.8 Å². The standard InChI is InChI=1S/C16H26N2O5/c1-6-11-12(19)13(22-10(5)8(2)3)15(23-11)18-7-9(4)14(20)17-16(18)21/h7-8,10-13,15,19H,6H2,1-5H3,(H,17,20,21)/t10-,11+,12?,13-,15+/m0/s1. The second-order valence-electron chi connectivity index (χ2n) is 6.49. The van der Waals surface area contributed by atoms with Gasteiger partial charge < -0.3 is 14.6 Å². The summed E-state index contributed by atoms with van der Waals surface area (Å²) in [4.78, 5) is 25.9. The quantitative estimate of drug-likeness (QED) is 0.840. The third-order valence-electron chi connectivity index (χ3n) is 4.45. The number of nitrogens with zero attached hydrogens (tertiary/aromatic N) is 1. The molecular weight excluding hydrogens is 300 g/mol. The molecule has 0 amide bonds. The molecule has 130 valence electrons. The molecule has 0 spiro atoms. The van der Waals surface area contributed by atoms with E-state index < -0.39 is 35.8 Å². The van der Waals surface area contributed by atoms with Crippen molar-refractivity contribution in [1.29, 1.82) is 0 Å². The minimum absolute atomic E-state index is 0.101. The van der Waals surface area contributed by atoms with Gasteiger partial charge in [-0.15, -0.1) is 0 Å². The third-order valence-corrected chi connectivity index (χ3v) is 4.45. The number of aromatic nitrogens is 2. The lowest BCUT2D eigenvalue weighted by atomic mass is 10.1. The lowest BCUT2D eigenvalue weighted by Crippen LogP contribution is -2.41. The van der Waals surface area contributed by atoms with Crippen molar-refractivity contribution in [3.8, 4) is 0 Å². The number of aromatic amines is 1. The van der Waals surface area contributed by atoms with Crippen LogP contribution in [0.3, 0.4) is 0 Å². The molecule has 0 saturated carbocycles. The van der Waals surface area contributed by atoms with Crippen molar-refractivity contribution in [3.05, 3.63) is 32.6 Å². The molecule has 2 rings (SSSR count). The Morgan fingerprint density at radius 3 is 2.61 bits per heavy atom. The second kappa shape index (κ2) is 6.98. The van der Waals surface area contributed by atoms with Gasteiger partial charge in [-0.05, 0) is 26.2 Å². The monoisotopic (exact) mass is 326 g/mol. The molecule has 23 heavy (non-hydrogen) atoms. The molecule has 1 aliphatic heterocycles. The number of ether oxygens (including phenoxy) is 2. The molecule has 0 bridgehead atoms. The SMILES string of the molecule is CC[C@H]1O[C@@H](n2cc(C)c(=O)[nH]c2=O)[C@@H](O[C@@H](C)C(C)C)C1O. The topological polar surface area (TPSA) is 93.6 Å². The molecule has 1 aromatic rings. The van der Waals surface area contributed by atoms with Crippen LogP contribution in [0.1, 0.15) is 45.9 Å². The summed E-state index contributed by atoms with van der Waals surface area (Å²) in [5, 5.41) is 10.5. The van der Waals surface area contributed by atoms with Gasteiger partial charge in [-0.1, -0.05) is 20.8 Å². The first-order valence-electron chi connectivity index (χ1n) is 8.07. The van der Waals surface area contributed by atoms with Crippen molar-refractivity contribution in [2.45, 2.75) is 71.7 Å². The molecule has 1 aliphatic rings. The maximum Gasteiger partial charge on any atom is 0.330 e. The van der Waals surface area contributed by atoms with E-state index in [1.54, 1.807) is 6.92 Å². The fraction of sp³-hybridized carbons (Fsp3) is 0.750. The Balaban J connectivity index is 2.39. The zero-order valence-corrected chi connectivity index (χ0v) is 14.3. The zero-order chi connectivity index (χ0) is 17.3. The summed E-state index contributed by atoms with van der Waals surface area (Å²) in [6.07, 6.45) is -0.721. The van der Waals surface area contributed by atoms with Gasteiger partial charge in [0.25, 0.3) is 5.56 Å². The van der Waals surface area contributed by atoms with Crippen LogP contribution in [0, 0.1) is 12.8 Å². The summed E-state index contributed by atoms with van der Waals surface area (Å²) in [5.74, 6) is 0.262. The van der Waals surface area contributed by atoms with Crippen LogP contribution in [0.2, 0.25) is 0 Å². The molecule has 7 heteroatoms. The lowest BCUT2D eigenvalue weighted by Gasteiger charge is -2.27. The predicted octanol–water partition coefficient (Wildman–Crippen LogP) is 0.943. The molecule has 0 aromatic carbocycles. The van der Waals surface area contributed by atoms with E-state index in [1.807, 2.05) is 27.7 Å². The maximum atomic E-state index is 12.1. The Morgan fingerprint density at radius 2 is 2.04 bits per heavy atom. The number of nitrogens with one attached hydrogen (secondary N) is 1. The first-order chi connectivity index (χ1) is 10.8. The highest BCUT2D eigenvalue weighted by atomic mass is 16.6. The number of aliphatic hydroxyl groups is 1. The minimum atomic E-state index is -0.828. The van der Waals surface area contributed by atoms with Crippen molar-refractivity contribution >= 4 is 0 Å². The fourth-order valence-corrected chi connectivity index (χ4v) is 2.61. The minimum Gasteiger partial charge on any atom is -0.388 e. The Morgan fingerprint density at radius 1 is 1.39 bits per heavy atom. The Hall–Kier alpha value is -1.44. The highest BCUT2D eigenvalue weighted by molar-refractivity contribution is 5.03. The van der Waals surface area contributed by atoms with Gasteiger partial charge in [0.1, 0.15) is 12.2 Å². The number of aliphatic hydroxyl groups excluding tert-OH is 1. The van der Waals surface area contributed by atoms with Gasteiger partial charge >= 0.3 is 5.69 Å². The third kappa shape index (κ3) is 3.57. The van der Waals surface area contributed by atoms with Crippen LogP contribution in [0.5, 0.6) is 0 Å². The number of aryl methyl sites for hydroxylation is 1. The Kier molecular flexibility index (Phi) is 5.44. The van der Waals surface area contributed by atoms with Gasteiger partial charge in [0.15, 0.2) is 6.23 Å². The molecule has 0 radical (unpaired) electrons. The number of hydrogen-bond acceptors (Lipinski definition) is 5. The van der Waals surface area contributed by atoms with E-state index in [2.05, 4.69) is 4.98 Å². The van der Waals surface area contributed by atoms with Crippen LogP contribution in [-0.4, -0.2) is 39.1 Å². The van der Waals surface area contributed by atoms with Crippen molar-refractivity contribution in [1.82, 2.24) is 9.55 Å². The van der Waals surface area contributed by atoms with Gasteiger partial charge in [0.2, 0.25) is 0 Å². The molecule has 1 aromatic heterocycles. The average molecular weight is 326 g/mol. The molecule has 1 saturated heterocycles. The largest absolute Gasteiger partial charge is 0.388 e. The molecule has 2 heterocycles. The molecule has 1 unspecified atom stereocenters. The van der Waals surface area contributed by atoms with Crippen LogP contribution in [0.25, 0.3) is 0 Å². The molecule has 5 atom stereocenters. The fourth-order valence-electron chi connectivity index (χ4n) is 2.61. The number of rotatable bonds is 5. The lowest BCUT2D eigenvalue weighted by molar-refractivity contribution is -0.108. The Bertz CT molecular complexity index is 651. The van der Waals surface area contributed by atoms with E-state index in [0.717, 1.165) is 0 Å². The van der Waals surface area contributed by atoms with E-state index in [1.165, 1.54) is 10.8 Å². The number of H-pyrrole nitrogens is 1. The maximum absolute atomic E-state index is 12.1. The Labute approximate surface area is 135 Å². The first-order valence-corrected chi connectivity index (χ1v) is 8.07. The summed E-state index contributed by atoms with van der Waals surface area (Å²) in [5.41, 5.74) is -0.594. The van der Waals surface area contributed by atoms with Crippen molar-refractivity contribution in [2.75, 3.05) is 0 Å². The molecule has 2 N–H and O–H groups in total. The van der Waals surface area contributed by atoms with Gasteiger partial charge in [-0.2, -0.15) is 0 Å². The normalized spacial score (nSPS) is 29.2. The van der Waals surface area contributed by atoms with Crippen LogP contribution in [-0.2, 0) is 9.47 Å². The van der Waals surface area contributed by atoms with E-state index in [9.17, 15) is 14.7 Å². The van der Waals surface area contributed by atoms with Crippen LogP contribution < -0.4 is 11.2 Å². The highest BCUT2D eigenvalue weighted by Gasteiger charge is 2.46. The van der Waals surface area contributed by atoms with Gasteiger partial charge in [-0.3, -0.25) is 14.3 Å². The van der Waals surface area contributed by atoms with E-state index in [4.69, 9.17) is 9.47 Å². The van der Waals surface area contributed by atoms with Crippen molar-refractivity contribution in [3.63, 3.8) is 0 Å². The van der Waals surface area contributed by atoms with E-state index in [-0.39, 0.29) is 12.0 Å².